The number of Topliss-reactive ketones (excluding diaryl/α,β-unsaturated/α-hetero) is 1. The summed E-state index contributed by atoms with van der Waals surface area (Å²) in [5.74, 6) is -1.85. The van der Waals surface area contributed by atoms with Crippen LogP contribution in [0.25, 0.3) is 0 Å². The van der Waals surface area contributed by atoms with Crippen molar-refractivity contribution in [1.29, 1.82) is 0 Å². The van der Waals surface area contributed by atoms with E-state index in [0.29, 0.717) is 17.7 Å². The number of rotatable bonds is 6. The van der Waals surface area contributed by atoms with Crippen LogP contribution in [0.1, 0.15) is 33.8 Å². The number of fused-ring (bicyclic) bond motifs is 1. The Kier molecular flexibility index (Phi) is 5.13. The van der Waals surface area contributed by atoms with Crippen LogP contribution < -0.4 is 0 Å². The number of carbonyl (C=O) groups excluding carboxylic acids is 4. The molecule has 0 N–H and O–H groups in total. The van der Waals surface area contributed by atoms with Crippen molar-refractivity contribution in [3.63, 3.8) is 0 Å². The summed E-state index contributed by atoms with van der Waals surface area (Å²) in [5, 5.41) is 0. The van der Waals surface area contributed by atoms with Gasteiger partial charge in [0.05, 0.1) is 23.1 Å². The number of likely N-dealkylation sites (tertiary alicyclic amines) is 1. The van der Waals surface area contributed by atoms with Crippen LogP contribution in [0, 0.1) is 18.8 Å². The number of imide groups is 1. The minimum atomic E-state index is -0.588. The van der Waals surface area contributed by atoms with Crippen molar-refractivity contribution in [3.8, 4) is 0 Å². The molecule has 1 saturated heterocycles. The van der Waals surface area contributed by atoms with E-state index in [4.69, 9.17) is 4.74 Å². The fraction of sp³-hybridized carbons (Fsp3) is 0.444. The van der Waals surface area contributed by atoms with Gasteiger partial charge in [-0.15, -0.1) is 11.3 Å². The Morgan fingerprint density at radius 1 is 1.16 bits per heavy atom. The van der Waals surface area contributed by atoms with E-state index in [0.717, 1.165) is 9.78 Å². The molecule has 1 aromatic heterocycles. The lowest BCUT2D eigenvalue weighted by atomic mass is 9.85. The minimum Gasteiger partial charge on any atom is -0.457 e. The van der Waals surface area contributed by atoms with Crippen molar-refractivity contribution in [2.45, 2.75) is 26.2 Å². The van der Waals surface area contributed by atoms with Crippen LogP contribution in [0.3, 0.4) is 0 Å². The highest BCUT2D eigenvalue weighted by Gasteiger charge is 2.46. The molecule has 7 heteroatoms. The molecule has 2 amide bonds. The summed E-state index contributed by atoms with van der Waals surface area (Å²) in [6.07, 6.45) is 4.89. The summed E-state index contributed by atoms with van der Waals surface area (Å²) < 4.78 is 4.97. The molecule has 0 spiro atoms. The zero-order chi connectivity index (χ0) is 18.0. The van der Waals surface area contributed by atoms with Crippen molar-refractivity contribution in [2.75, 3.05) is 13.2 Å². The Hall–Kier alpha value is -2.28. The quantitative estimate of drug-likeness (QED) is 0.336. The molecular weight excluding hydrogens is 342 g/mol. The molecule has 132 valence electrons. The first-order chi connectivity index (χ1) is 12.0. The molecule has 0 saturated carbocycles. The number of allylic oxidation sites excluding steroid dienone is 2. The Labute approximate surface area is 149 Å². The number of hydrogen-bond acceptors (Lipinski definition) is 6. The van der Waals surface area contributed by atoms with Crippen LogP contribution in [0.2, 0.25) is 0 Å². The van der Waals surface area contributed by atoms with Crippen molar-refractivity contribution in [2.24, 2.45) is 11.8 Å². The van der Waals surface area contributed by atoms with E-state index >= 15 is 0 Å². The van der Waals surface area contributed by atoms with Crippen LogP contribution >= 0.6 is 11.3 Å². The normalized spacial score (nSPS) is 22.2. The van der Waals surface area contributed by atoms with Crippen molar-refractivity contribution in [3.05, 3.63) is 34.0 Å². The average molecular weight is 361 g/mol. The topological polar surface area (TPSA) is 80.8 Å². The van der Waals surface area contributed by atoms with Gasteiger partial charge in [-0.25, -0.2) is 0 Å². The third-order valence-corrected chi connectivity index (χ3v) is 5.56. The Morgan fingerprint density at radius 3 is 2.36 bits per heavy atom. The summed E-state index contributed by atoms with van der Waals surface area (Å²) in [7, 11) is 0. The zero-order valence-electron chi connectivity index (χ0n) is 13.9. The third kappa shape index (κ3) is 3.71. The monoisotopic (exact) mass is 361 g/mol. The number of esters is 1. The third-order valence-electron chi connectivity index (χ3n) is 4.52. The van der Waals surface area contributed by atoms with E-state index in [1.165, 1.54) is 11.3 Å². The van der Waals surface area contributed by atoms with Crippen LogP contribution in [0.15, 0.2) is 24.3 Å². The van der Waals surface area contributed by atoms with Gasteiger partial charge >= 0.3 is 5.97 Å². The van der Waals surface area contributed by atoms with Gasteiger partial charge in [0.2, 0.25) is 17.6 Å². The molecule has 2 heterocycles. The van der Waals surface area contributed by atoms with Crippen molar-refractivity contribution < 1.29 is 23.9 Å². The Balaban J connectivity index is 1.47. The second-order valence-electron chi connectivity index (χ2n) is 6.23. The zero-order valence-corrected chi connectivity index (χ0v) is 14.7. The number of ether oxygens (including phenoxy) is 1. The highest BCUT2D eigenvalue weighted by Crippen LogP contribution is 2.35. The lowest BCUT2D eigenvalue weighted by molar-refractivity contribution is -0.145. The fourth-order valence-corrected chi connectivity index (χ4v) is 3.96. The number of ketones is 1. The number of aryl methyl sites for hydroxylation is 1. The molecule has 0 bridgehead atoms. The fourth-order valence-electron chi connectivity index (χ4n) is 3.17. The van der Waals surface area contributed by atoms with Gasteiger partial charge in [0.25, 0.3) is 0 Å². The van der Waals surface area contributed by atoms with Crippen molar-refractivity contribution >= 4 is 34.9 Å². The second-order valence-corrected chi connectivity index (χ2v) is 7.52. The molecule has 0 unspecified atom stereocenters. The number of carbonyl (C=O) groups is 4. The predicted molar refractivity (Wildman–Crippen MR) is 91.0 cm³/mol. The summed E-state index contributed by atoms with van der Waals surface area (Å²) in [6, 6.07) is 3.53. The lowest BCUT2D eigenvalue weighted by Crippen LogP contribution is -2.33. The first-order valence-electron chi connectivity index (χ1n) is 8.23. The van der Waals surface area contributed by atoms with E-state index in [9.17, 15) is 19.2 Å². The van der Waals surface area contributed by atoms with Gasteiger partial charge in [0, 0.05) is 11.4 Å². The molecule has 0 radical (unpaired) electrons. The smallest absolute Gasteiger partial charge is 0.308 e. The molecule has 0 aromatic carbocycles. The lowest BCUT2D eigenvalue weighted by Gasteiger charge is -2.14. The van der Waals surface area contributed by atoms with Crippen LogP contribution in [-0.2, 0) is 19.1 Å². The van der Waals surface area contributed by atoms with E-state index in [1.54, 1.807) is 6.07 Å². The van der Waals surface area contributed by atoms with Gasteiger partial charge < -0.3 is 4.74 Å². The Bertz CT molecular complexity index is 724. The van der Waals surface area contributed by atoms with Gasteiger partial charge in [0.15, 0.2) is 6.61 Å². The predicted octanol–water partition coefficient (Wildman–Crippen LogP) is 2.12. The van der Waals surface area contributed by atoms with Gasteiger partial charge in [0.1, 0.15) is 0 Å². The highest BCUT2D eigenvalue weighted by molar-refractivity contribution is 7.14. The summed E-state index contributed by atoms with van der Waals surface area (Å²) >= 11 is 1.35. The van der Waals surface area contributed by atoms with E-state index in [2.05, 4.69) is 0 Å². The first kappa shape index (κ1) is 17.5. The first-order valence-corrected chi connectivity index (χ1v) is 9.04. The van der Waals surface area contributed by atoms with Crippen LogP contribution in [0.4, 0.5) is 0 Å². The molecule has 2 atom stereocenters. The van der Waals surface area contributed by atoms with E-state index in [-0.39, 0.29) is 49.0 Å². The standard InChI is InChI=1S/C18H19NO5S/c1-11-6-7-15(25-11)14(20)10-24-16(21)8-9-19-17(22)12-4-2-3-5-13(12)18(19)23/h2-3,6-7,12-13H,4-5,8-10H2,1H3/t12-,13-/m0/s1. The molecule has 1 aliphatic carbocycles. The number of thiophene rings is 1. The number of hydrogen-bond donors (Lipinski definition) is 0. The van der Waals surface area contributed by atoms with Gasteiger partial charge in [-0.3, -0.25) is 24.1 Å². The number of amides is 2. The SMILES string of the molecule is Cc1ccc(C(=O)COC(=O)CCN2C(=O)[C@H]3CC=CC[C@@H]3C2=O)s1. The molecule has 1 fully saturated rings. The Morgan fingerprint density at radius 2 is 1.80 bits per heavy atom. The van der Waals surface area contributed by atoms with Crippen molar-refractivity contribution in [1.82, 2.24) is 4.90 Å². The molecular formula is C18H19NO5S. The minimum absolute atomic E-state index is 0.00972. The molecule has 1 aromatic rings. The maximum Gasteiger partial charge on any atom is 0.308 e. The highest BCUT2D eigenvalue weighted by atomic mass is 32.1. The largest absolute Gasteiger partial charge is 0.457 e. The van der Waals surface area contributed by atoms with Gasteiger partial charge in [-0.05, 0) is 31.9 Å². The molecule has 3 rings (SSSR count). The summed E-state index contributed by atoms with van der Waals surface area (Å²) in [4.78, 5) is 51.0. The van der Waals surface area contributed by atoms with Crippen LogP contribution in [0.5, 0.6) is 0 Å². The van der Waals surface area contributed by atoms with Gasteiger partial charge in [-0.1, -0.05) is 12.2 Å². The summed E-state index contributed by atoms with van der Waals surface area (Å²) in [5.41, 5.74) is 0. The molecule has 2 aliphatic rings. The second kappa shape index (κ2) is 7.31. The molecule has 6 nitrogen and oxygen atoms in total. The average Bonchev–Trinajstić information content (AvgIpc) is 3.14. The van der Waals surface area contributed by atoms with Crippen LogP contribution in [-0.4, -0.2) is 41.6 Å². The maximum atomic E-state index is 12.3. The van der Waals surface area contributed by atoms with E-state index < -0.39 is 5.97 Å². The molecule has 1 aliphatic heterocycles. The van der Waals surface area contributed by atoms with Gasteiger partial charge in [-0.2, -0.15) is 0 Å². The number of nitrogens with zero attached hydrogens (tertiary/aromatic N) is 1. The maximum absolute atomic E-state index is 12.3. The van der Waals surface area contributed by atoms with E-state index in [1.807, 2.05) is 25.1 Å². The summed E-state index contributed by atoms with van der Waals surface area (Å²) in [6.45, 7) is 1.58. The molecule has 25 heavy (non-hydrogen) atoms.